The molecule has 4 aromatic rings. The highest BCUT2D eigenvalue weighted by molar-refractivity contribution is 5.90. The van der Waals surface area contributed by atoms with E-state index in [9.17, 15) is 13.6 Å². The molecule has 0 atom stereocenters. The Kier molecular flexibility index (Phi) is 6.26. The second kappa shape index (κ2) is 9.30. The van der Waals surface area contributed by atoms with Crippen molar-refractivity contribution in [3.8, 4) is 34.4 Å². The lowest BCUT2D eigenvalue weighted by Crippen LogP contribution is -2.37. The van der Waals surface area contributed by atoms with Gasteiger partial charge in [0.2, 0.25) is 11.8 Å². The van der Waals surface area contributed by atoms with Crippen LogP contribution in [0.2, 0.25) is 0 Å². The minimum atomic E-state index is -2.99. The molecule has 0 bridgehead atoms. The Morgan fingerprint density at radius 3 is 2.47 bits per heavy atom. The summed E-state index contributed by atoms with van der Waals surface area (Å²) < 4.78 is 38.2. The van der Waals surface area contributed by atoms with Gasteiger partial charge in [-0.2, -0.15) is 9.97 Å². The third-order valence-electron chi connectivity index (χ3n) is 4.84. The number of fused-ring (bicyclic) bond motifs is 1. The van der Waals surface area contributed by atoms with E-state index in [1.165, 1.54) is 14.2 Å². The van der Waals surface area contributed by atoms with Gasteiger partial charge >= 0.3 is 6.03 Å². The number of nitrogens with one attached hydrogen (secondary N) is 2. The average molecular weight is 468 g/mol. The molecule has 0 aliphatic carbocycles. The van der Waals surface area contributed by atoms with Crippen LogP contribution in [0.4, 0.5) is 19.3 Å². The summed E-state index contributed by atoms with van der Waals surface area (Å²) in [4.78, 5) is 25.1. The van der Waals surface area contributed by atoms with Gasteiger partial charge in [-0.1, -0.05) is 12.1 Å². The minimum absolute atomic E-state index is 0.377. The summed E-state index contributed by atoms with van der Waals surface area (Å²) in [7, 11) is 3.03. The number of carbonyl (C=O) groups is 1. The van der Waals surface area contributed by atoms with Crippen molar-refractivity contribution in [3.05, 3.63) is 54.9 Å². The first-order chi connectivity index (χ1) is 16.3. The number of imidazole rings is 1. The van der Waals surface area contributed by atoms with E-state index in [0.717, 1.165) is 23.7 Å². The number of rotatable bonds is 7. The van der Waals surface area contributed by atoms with Crippen molar-refractivity contribution < 1.29 is 23.0 Å². The second-order valence-corrected chi connectivity index (χ2v) is 7.52. The third-order valence-corrected chi connectivity index (χ3v) is 4.84. The van der Waals surface area contributed by atoms with E-state index < -0.39 is 18.5 Å². The van der Waals surface area contributed by atoms with Crippen LogP contribution in [-0.4, -0.2) is 52.1 Å². The molecule has 0 unspecified atom stereocenters. The van der Waals surface area contributed by atoms with Crippen molar-refractivity contribution in [2.45, 2.75) is 12.8 Å². The second-order valence-electron chi connectivity index (χ2n) is 7.52. The van der Waals surface area contributed by atoms with E-state index in [2.05, 4.69) is 25.6 Å². The van der Waals surface area contributed by atoms with Gasteiger partial charge in [-0.15, -0.1) is 0 Å². The molecule has 0 fully saturated rings. The summed E-state index contributed by atoms with van der Waals surface area (Å²) in [6.07, 6.45) is 3.53. The zero-order valence-electron chi connectivity index (χ0n) is 18.7. The Hall–Kier alpha value is -4.28. The smallest absolute Gasteiger partial charge is 0.319 e. The molecule has 2 N–H and O–H groups in total. The zero-order chi connectivity index (χ0) is 24.3. The summed E-state index contributed by atoms with van der Waals surface area (Å²) >= 11 is 0. The lowest BCUT2D eigenvalue weighted by Gasteiger charge is -2.12. The topological polar surface area (TPSA) is 103 Å². The number of carbonyl (C=O) groups excluding carboxylic acids is 1. The molecular weight excluding hydrogens is 446 g/mol. The van der Waals surface area contributed by atoms with Crippen LogP contribution in [0, 0.1) is 0 Å². The predicted octanol–water partition coefficient (Wildman–Crippen LogP) is 4.25. The summed E-state index contributed by atoms with van der Waals surface area (Å²) in [6, 6.07) is 11.6. The number of urea groups is 1. The van der Waals surface area contributed by atoms with Crippen LogP contribution < -0.4 is 20.1 Å². The monoisotopic (exact) mass is 468 g/mol. The molecule has 0 aliphatic heterocycles. The molecule has 11 heteroatoms. The molecule has 0 saturated carbocycles. The van der Waals surface area contributed by atoms with E-state index in [4.69, 9.17) is 9.47 Å². The maximum absolute atomic E-state index is 13.0. The number of halogens is 2. The first-order valence-corrected chi connectivity index (χ1v) is 10.2. The van der Waals surface area contributed by atoms with Crippen LogP contribution in [0.25, 0.3) is 28.3 Å². The molecule has 3 aromatic heterocycles. The molecule has 0 saturated heterocycles. The van der Waals surface area contributed by atoms with Gasteiger partial charge in [-0.05, 0) is 24.3 Å². The van der Waals surface area contributed by atoms with Crippen molar-refractivity contribution in [2.24, 2.45) is 0 Å². The van der Waals surface area contributed by atoms with Crippen molar-refractivity contribution >= 4 is 17.4 Å². The molecular formula is C23H22F2N6O3. The van der Waals surface area contributed by atoms with Crippen LogP contribution in [0.15, 0.2) is 54.9 Å². The zero-order valence-corrected chi connectivity index (χ0v) is 18.7. The van der Waals surface area contributed by atoms with Gasteiger partial charge in [0.1, 0.15) is 5.65 Å². The number of hydrogen-bond acceptors (Lipinski definition) is 6. The lowest BCUT2D eigenvalue weighted by molar-refractivity contribution is 0.0257. The third kappa shape index (κ3) is 5.20. The fourth-order valence-electron chi connectivity index (χ4n) is 3.24. The van der Waals surface area contributed by atoms with Crippen LogP contribution in [0.5, 0.6) is 11.8 Å². The molecule has 9 nitrogen and oxygen atoms in total. The fourth-order valence-corrected chi connectivity index (χ4v) is 3.24. The lowest BCUT2D eigenvalue weighted by atomic mass is 10.1. The summed E-state index contributed by atoms with van der Waals surface area (Å²) in [5.74, 6) is -1.81. The number of methoxy groups -OCH3 is 2. The molecule has 0 aliphatic rings. The number of pyridine rings is 1. The van der Waals surface area contributed by atoms with Crippen LogP contribution in [-0.2, 0) is 0 Å². The standard InChI is InChI=1S/C23H22F2N6O3/c1-23(24,25)13-27-22(32)28-16-6-4-5-14(9-16)17-12-26-18-10-15(7-8-31(17)18)21-29-19(33-2)11-20(30-21)34-3/h4-12H,13H2,1-3H3,(H2,27,28,32). The quantitative estimate of drug-likeness (QED) is 0.420. The normalized spacial score (nSPS) is 11.3. The van der Waals surface area contributed by atoms with Crippen molar-refractivity contribution in [1.82, 2.24) is 24.7 Å². The first-order valence-electron chi connectivity index (χ1n) is 10.2. The van der Waals surface area contributed by atoms with Gasteiger partial charge in [0.15, 0.2) is 5.82 Å². The fraction of sp³-hybridized carbons (Fsp3) is 0.217. The van der Waals surface area contributed by atoms with E-state index in [1.54, 1.807) is 30.5 Å². The first kappa shape index (κ1) is 22.9. The number of hydrogen-bond donors (Lipinski definition) is 2. The maximum Gasteiger partial charge on any atom is 0.319 e. The predicted molar refractivity (Wildman–Crippen MR) is 122 cm³/mol. The summed E-state index contributed by atoms with van der Waals surface area (Å²) in [6.45, 7) is -0.0159. The highest BCUT2D eigenvalue weighted by atomic mass is 19.3. The number of anilines is 1. The Morgan fingerprint density at radius 1 is 1.06 bits per heavy atom. The molecule has 34 heavy (non-hydrogen) atoms. The SMILES string of the molecule is COc1cc(OC)nc(-c2ccn3c(-c4cccc(NC(=O)NCC(C)(F)F)c4)cnc3c2)n1. The molecule has 4 rings (SSSR count). The number of amides is 2. The molecule has 2 amide bonds. The van der Waals surface area contributed by atoms with Gasteiger partial charge in [0, 0.05) is 29.9 Å². The Balaban J connectivity index is 1.60. The van der Waals surface area contributed by atoms with Gasteiger partial charge in [-0.3, -0.25) is 4.40 Å². The molecule has 0 radical (unpaired) electrons. The van der Waals surface area contributed by atoms with Gasteiger partial charge in [0.25, 0.3) is 5.92 Å². The van der Waals surface area contributed by atoms with Gasteiger partial charge < -0.3 is 20.1 Å². The summed E-state index contributed by atoms with van der Waals surface area (Å²) in [5.41, 5.74) is 3.38. The maximum atomic E-state index is 13.0. The summed E-state index contributed by atoms with van der Waals surface area (Å²) in [5, 5.41) is 4.71. The molecule has 0 spiro atoms. The van der Waals surface area contributed by atoms with Crippen LogP contribution >= 0.6 is 0 Å². The Morgan fingerprint density at radius 2 is 1.79 bits per heavy atom. The molecule has 1 aromatic carbocycles. The number of benzene rings is 1. The van der Waals surface area contributed by atoms with Gasteiger partial charge in [-0.25, -0.2) is 18.6 Å². The number of nitrogens with zero attached hydrogens (tertiary/aromatic N) is 4. The average Bonchev–Trinajstić information content (AvgIpc) is 3.25. The van der Waals surface area contributed by atoms with E-state index in [0.29, 0.717) is 28.9 Å². The largest absolute Gasteiger partial charge is 0.481 e. The number of aromatic nitrogens is 4. The van der Waals surface area contributed by atoms with Crippen molar-refractivity contribution in [3.63, 3.8) is 0 Å². The van der Waals surface area contributed by atoms with Gasteiger partial charge in [0.05, 0.1) is 38.7 Å². The van der Waals surface area contributed by atoms with Crippen LogP contribution in [0.3, 0.4) is 0 Å². The molecule has 3 heterocycles. The van der Waals surface area contributed by atoms with E-state index in [1.807, 2.05) is 28.8 Å². The number of ether oxygens (including phenoxy) is 2. The van der Waals surface area contributed by atoms with Crippen LogP contribution in [0.1, 0.15) is 6.92 Å². The Bertz CT molecular complexity index is 1310. The highest BCUT2D eigenvalue weighted by Crippen LogP contribution is 2.27. The van der Waals surface area contributed by atoms with E-state index >= 15 is 0 Å². The molecule has 176 valence electrons. The van der Waals surface area contributed by atoms with Crippen molar-refractivity contribution in [1.29, 1.82) is 0 Å². The van der Waals surface area contributed by atoms with E-state index in [-0.39, 0.29) is 0 Å². The van der Waals surface area contributed by atoms with Crippen molar-refractivity contribution in [2.75, 3.05) is 26.1 Å². The highest BCUT2D eigenvalue weighted by Gasteiger charge is 2.21. The Labute approximate surface area is 193 Å². The number of alkyl halides is 2. The minimum Gasteiger partial charge on any atom is -0.481 e.